The van der Waals surface area contributed by atoms with Gasteiger partial charge in [0.15, 0.2) is 5.78 Å². The molecule has 0 spiro atoms. The number of ether oxygens (including phenoxy) is 1. The molecule has 0 aliphatic rings. The molecule has 17 heavy (non-hydrogen) atoms. The first-order valence-corrected chi connectivity index (χ1v) is 6.36. The van der Waals surface area contributed by atoms with Crippen LogP contribution in [0.2, 0.25) is 0 Å². The Kier molecular flexibility index (Phi) is 5.01. The third-order valence-corrected chi connectivity index (χ3v) is 2.67. The molecule has 0 aromatic heterocycles. The highest BCUT2D eigenvalue weighted by atomic mass is 35.5. The molecular weight excluding hydrogens is 236 g/mol. The van der Waals surface area contributed by atoms with E-state index in [1.54, 1.807) is 0 Å². The Balaban J connectivity index is 3.06. The Morgan fingerprint density at radius 1 is 1.29 bits per heavy atom. The van der Waals surface area contributed by atoms with Crippen molar-refractivity contribution in [1.29, 1.82) is 0 Å². The maximum Gasteiger partial charge on any atom is 0.164 e. The highest BCUT2D eigenvalue weighted by molar-refractivity contribution is 6.19. The first kappa shape index (κ1) is 14.0. The van der Waals surface area contributed by atoms with E-state index < -0.39 is 0 Å². The van der Waals surface area contributed by atoms with Crippen molar-refractivity contribution in [2.24, 2.45) is 0 Å². The molecule has 0 aliphatic carbocycles. The summed E-state index contributed by atoms with van der Waals surface area (Å²) in [5, 5.41) is 0. The van der Waals surface area contributed by atoms with Crippen LogP contribution < -0.4 is 4.74 Å². The molecule has 0 saturated heterocycles. The molecule has 0 amide bonds. The van der Waals surface area contributed by atoms with E-state index in [0.717, 1.165) is 22.4 Å². The summed E-state index contributed by atoms with van der Waals surface area (Å²) in [6, 6.07) is 3.82. The number of carbonyl (C=O) groups is 1. The largest absolute Gasteiger partial charge is 0.491 e. The number of rotatable bonds is 5. The van der Waals surface area contributed by atoms with Crippen LogP contribution in [0, 0.1) is 13.8 Å². The van der Waals surface area contributed by atoms with E-state index in [1.165, 1.54) is 0 Å². The third kappa shape index (κ3) is 3.74. The standard InChI is InChI=1S/C14H19ClO2/c1-9(2)17-12-7-10(3)14(11(4)8-12)13(16)5-6-15/h7-9H,5-6H2,1-4H3. The van der Waals surface area contributed by atoms with Crippen LogP contribution in [0.4, 0.5) is 0 Å². The van der Waals surface area contributed by atoms with Gasteiger partial charge >= 0.3 is 0 Å². The number of ketones is 1. The quantitative estimate of drug-likeness (QED) is 0.588. The minimum absolute atomic E-state index is 0.103. The third-order valence-electron chi connectivity index (χ3n) is 2.48. The lowest BCUT2D eigenvalue weighted by Crippen LogP contribution is -2.09. The lowest BCUT2D eigenvalue weighted by molar-refractivity contribution is 0.0988. The molecule has 3 heteroatoms. The van der Waals surface area contributed by atoms with Gasteiger partial charge in [0.1, 0.15) is 5.75 Å². The number of hydrogen-bond acceptors (Lipinski definition) is 2. The summed E-state index contributed by atoms with van der Waals surface area (Å²) in [5.41, 5.74) is 2.69. The van der Waals surface area contributed by atoms with Gasteiger partial charge in [-0.05, 0) is 51.0 Å². The van der Waals surface area contributed by atoms with Crippen LogP contribution in [0.3, 0.4) is 0 Å². The summed E-state index contributed by atoms with van der Waals surface area (Å²) in [4.78, 5) is 11.9. The van der Waals surface area contributed by atoms with Crippen molar-refractivity contribution in [3.63, 3.8) is 0 Å². The van der Waals surface area contributed by atoms with E-state index in [9.17, 15) is 4.79 Å². The van der Waals surface area contributed by atoms with Gasteiger partial charge in [0, 0.05) is 17.9 Å². The number of halogens is 1. The molecule has 0 radical (unpaired) electrons. The van der Waals surface area contributed by atoms with Crippen LogP contribution in [0.5, 0.6) is 5.75 Å². The molecule has 0 N–H and O–H groups in total. The van der Waals surface area contributed by atoms with Crippen molar-refractivity contribution in [3.8, 4) is 5.75 Å². The fraction of sp³-hybridized carbons (Fsp3) is 0.500. The molecule has 0 fully saturated rings. The molecular formula is C14H19ClO2. The summed E-state index contributed by atoms with van der Waals surface area (Å²) in [6.07, 6.45) is 0.520. The number of hydrogen-bond donors (Lipinski definition) is 0. The summed E-state index contributed by atoms with van der Waals surface area (Å²) in [7, 11) is 0. The van der Waals surface area contributed by atoms with Gasteiger partial charge < -0.3 is 4.74 Å². The van der Waals surface area contributed by atoms with Crippen molar-refractivity contribution >= 4 is 17.4 Å². The number of alkyl halides is 1. The second-order valence-corrected chi connectivity index (χ2v) is 4.84. The molecule has 0 aliphatic heterocycles. The Morgan fingerprint density at radius 3 is 2.24 bits per heavy atom. The molecule has 1 aromatic rings. The van der Waals surface area contributed by atoms with E-state index in [1.807, 2.05) is 39.8 Å². The molecule has 0 heterocycles. The van der Waals surface area contributed by atoms with E-state index in [0.29, 0.717) is 12.3 Å². The number of benzene rings is 1. The SMILES string of the molecule is Cc1cc(OC(C)C)cc(C)c1C(=O)CCCl. The summed E-state index contributed by atoms with van der Waals surface area (Å²) >= 11 is 5.61. The van der Waals surface area contributed by atoms with Gasteiger partial charge in [0.25, 0.3) is 0 Å². The first-order valence-electron chi connectivity index (χ1n) is 5.82. The van der Waals surface area contributed by atoms with Gasteiger partial charge in [0.05, 0.1) is 6.10 Å². The smallest absolute Gasteiger partial charge is 0.164 e. The second kappa shape index (κ2) is 6.06. The minimum Gasteiger partial charge on any atom is -0.491 e. The zero-order chi connectivity index (χ0) is 13.0. The van der Waals surface area contributed by atoms with Crippen molar-refractivity contribution in [3.05, 3.63) is 28.8 Å². The zero-order valence-corrected chi connectivity index (χ0v) is 11.6. The predicted octanol–water partition coefficient (Wildman–Crippen LogP) is 3.90. The van der Waals surface area contributed by atoms with Crippen molar-refractivity contribution < 1.29 is 9.53 Å². The molecule has 0 bridgehead atoms. The molecule has 0 atom stereocenters. The summed E-state index contributed by atoms with van der Waals surface area (Å²) in [5.74, 6) is 1.28. The monoisotopic (exact) mass is 254 g/mol. The number of carbonyl (C=O) groups excluding carboxylic acids is 1. The Morgan fingerprint density at radius 2 is 1.82 bits per heavy atom. The molecule has 0 saturated carbocycles. The van der Waals surface area contributed by atoms with E-state index in [2.05, 4.69) is 0 Å². The minimum atomic E-state index is 0.103. The maximum atomic E-state index is 11.9. The molecule has 1 rings (SSSR count). The average molecular weight is 255 g/mol. The molecule has 0 unspecified atom stereocenters. The lowest BCUT2D eigenvalue weighted by Gasteiger charge is -2.14. The van der Waals surface area contributed by atoms with E-state index in [-0.39, 0.29) is 11.9 Å². The second-order valence-electron chi connectivity index (χ2n) is 4.46. The normalized spacial score (nSPS) is 10.7. The topological polar surface area (TPSA) is 26.3 Å². The van der Waals surface area contributed by atoms with E-state index >= 15 is 0 Å². The van der Waals surface area contributed by atoms with Crippen LogP contribution in [-0.4, -0.2) is 17.8 Å². The summed E-state index contributed by atoms with van der Waals surface area (Å²) in [6.45, 7) is 7.83. The molecule has 2 nitrogen and oxygen atoms in total. The van der Waals surface area contributed by atoms with Gasteiger partial charge in [-0.3, -0.25) is 4.79 Å². The van der Waals surface area contributed by atoms with Gasteiger partial charge in [-0.2, -0.15) is 0 Å². The maximum absolute atomic E-state index is 11.9. The highest BCUT2D eigenvalue weighted by Crippen LogP contribution is 2.24. The zero-order valence-electron chi connectivity index (χ0n) is 10.8. The Labute approximate surface area is 108 Å². The van der Waals surface area contributed by atoms with E-state index in [4.69, 9.17) is 16.3 Å². The van der Waals surface area contributed by atoms with Crippen LogP contribution in [0.1, 0.15) is 41.8 Å². The van der Waals surface area contributed by atoms with Crippen LogP contribution >= 0.6 is 11.6 Å². The van der Waals surface area contributed by atoms with Gasteiger partial charge in [-0.1, -0.05) is 0 Å². The first-order chi connectivity index (χ1) is 7.95. The van der Waals surface area contributed by atoms with Gasteiger partial charge in [-0.25, -0.2) is 0 Å². The fourth-order valence-electron chi connectivity index (χ4n) is 1.91. The van der Waals surface area contributed by atoms with Gasteiger partial charge in [-0.15, -0.1) is 11.6 Å². The van der Waals surface area contributed by atoms with Gasteiger partial charge in [0.2, 0.25) is 0 Å². The lowest BCUT2D eigenvalue weighted by atomic mass is 9.97. The van der Waals surface area contributed by atoms with Crippen molar-refractivity contribution in [2.45, 2.75) is 40.2 Å². The van der Waals surface area contributed by atoms with Crippen LogP contribution in [0.15, 0.2) is 12.1 Å². The predicted molar refractivity (Wildman–Crippen MR) is 71.3 cm³/mol. The Hall–Kier alpha value is -1.02. The van der Waals surface area contributed by atoms with Crippen LogP contribution in [-0.2, 0) is 0 Å². The summed E-state index contributed by atoms with van der Waals surface area (Å²) < 4.78 is 5.63. The van der Waals surface area contributed by atoms with Crippen molar-refractivity contribution in [2.75, 3.05) is 5.88 Å². The average Bonchev–Trinajstić information content (AvgIpc) is 2.15. The molecule has 1 aromatic carbocycles. The number of aryl methyl sites for hydroxylation is 2. The number of Topliss-reactive ketones (excluding diaryl/α,β-unsaturated/α-hetero) is 1. The Bertz CT molecular complexity index is 388. The van der Waals surface area contributed by atoms with Crippen molar-refractivity contribution in [1.82, 2.24) is 0 Å². The van der Waals surface area contributed by atoms with Crippen LogP contribution in [0.25, 0.3) is 0 Å². The fourth-order valence-corrected chi connectivity index (χ4v) is 2.09. The molecule has 94 valence electrons. The highest BCUT2D eigenvalue weighted by Gasteiger charge is 2.13.